The van der Waals surface area contributed by atoms with Gasteiger partial charge in [-0.15, -0.1) is 11.3 Å². The van der Waals surface area contributed by atoms with Crippen molar-refractivity contribution in [2.45, 2.75) is 0 Å². The van der Waals surface area contributed by atoms with Gasteiger partial charge in [0, 0.05) is 53.0 Å². The maximum Gasteiger partial charge on any atom is 0.165 e. The van der Waals surface area contributed by atoms with E-state index in [1.165, 1.54) is 58.4 Å². The lowest BCUT2D eigenvalue weighted by Crippen LogP contribution is -2.03. The van der Waals surface area contributed by atoms with Crippen LogP contribution in [0.5, 0.6) is 0 Å². The highest BCUT2D eigenvalue weighted by Crippen LogP contribution is 2.42. The van der Waals surface area contributed by atoms with E-state index in [0.717, 1.165) is 39.1 Å². The third-order valence-corrected chi connectivity index (χ3v) is 11.0. The van der Waals surface area contributed by atoms with Crippen LogP contribution in [0.2, 0.25) is 0 Å². The number of fused-ring (bicyclic) bond motifs is 10. The highest BCUT2D eigenvalue weighted by molar-refractivity contribution is 7.25. The number of aromatic nitrogens is 4. The van der Waals surface area contributed by atoms with Crippen molar-refractivity contribution in [3.05, 3.63) is 158 Å². The zero-order valence-electron chi connectivity index (χ0n) is 26.2. The lowest BCUT2D eigenvalue weighted by molar-refractivity contribution is 1.08. The number of benzene rings is 7. The second-order valence-electron chi connectivity index (χ2n) is 12.6. The molecule has 0 atom stereocenters. The first-order chi connectivity index (χ1) is 24.3. The normalized spacial score (nSPS) is 12.1. The Hall–Kier alpha value is -6.30. The monoisotopic (exact) mass is 642 g/mol. The van der Waals surface area contributed by atoms with Crippen molar-refractivity contribution in [1.82, 2.24) is 19.1 Å². The number of para-hydroxylation sites is 4. The van der Waals surface area contributed by atoms with Gasteiger partial charge in [0.1, 0.15) is 5.69 Å². The summed E-state index contributed by atoms with van der Waals surface area (Å²) < 4.78 is 7.37. The predicted molar refractivity (Wildman–Crippen MR) is 207 cm³/mol. The molecular weight excluding hydrogens is 617 g/mol. The third-order valence-electron chi connectivity index (χ3n) is 9.90. The van der Waals surface area contributed by atoms with Crippen LogP contribution in [0, 0.1) is 0 Å². The molecule has 0 fully saturated rings. The summed E-state index contributed by atoms with van der Waals surface area (Å²) >= 11 is 1.86. The SMILES string of the molecule is c1ccc(-c2nc3ccccc3nc2-n2c3ccccc3c3cc4c(cc32)c2ccccc2n4-c2ccc3c(c2)sc2ccccc23)cc1. The van der Waals surface area contributed by atoms with E-state index in [-0.39, 0.29) is 0 Å². The van der Waals surface area contributed by atoms with Crippen LogP contribution in [0.25, 0.3) is 97.6 Å². The molecule has 11 rings (SSSR count). The molecule has 0 radical (unpaired) electrons. The van der Waals surface area contributed by atoms with E-state index in [2.05, 4.69) is 137 Å². The summed E-state index contributed by atoms with van der Waals surface area (Å²) in [4.78, 5) is 10.6. The average molecular weight is 643 g/mol. The van der Waals surface area contributed by atoms with Crippen LogP contribution in [0.4, 0.5) is 0 Å². The third kappa shape index (κ3) is 3.85. The lowest BCUT2D eigenvalue weighted by atomic mass is 10.1. The maximum atomic E-state index is 5.33. The van der Waals surface area contributed by atoms with Crippen molar-refractivity contribution in [1.29, 1.82) is 0 Å². The van der Waals surface area contributed by atoms with Crippen molar-refractivity contribution in [2.24, 2.45) is 0 Å². The molecule has 7 aromatic carbocycles. The molecule has 0 aliphatic heterocycles. The minimum absolute atomic E-state index is 0.828. The lowest BCUT2D eigenvalue weighted by Gasteiger charge is -2.14. The summed E-state index contributed by atoms with van der Waals surface area (Å²) in [6, 6.07) is 56.4. The molecule has 0 bridgehead atoms. The molecule has 0 N–H and O–H groups in total. The number of thiophene rings is 1. The van der Waals surface area contributed by atoms with E-state index in [1.807, 2.05) is 41.7 Å². The molecular formula is C44H26N4S. The first kappa shape index (κ1) is 26.7. The topological polar surface area (TPSA) is 35.6 Å². The summed E-state index contributed by atoms with van der Waals surface area (Å²) in [6.45, 7) is 0. The van der Waals surface area contributed by atoms with Gasteiger partial charge in [0.15, 0.2) is 5.82 Å². The van der Waals surface area contributed by atoms with Crippen LogP contribution >= 0.6 is 11.3 Å². The average Bonchev–Trinajstić information content (AvgIpc) is 3.80. The van der Waals surface area contributed by atoms with E-state index >= 15 is 0 Å². The zero-order valence-corrected chi connectivity index (χ0v) is 27.0. The molecule has 11 aromatic rings. The Morgan fingerprint density at radius 3 is 1.71 bits per heavy atom. The summed E-state index contributed by atoms with van der Waals surface area (Å²) in [5.41, 5.74) is 9.41. The van der Waals surface area contributed by atoms with Crippen molar-refractivity contribution < 1.29 is 0 Å². The number of hydrogen-bond donors (Lipinski definition) is 0. The van der Waals surface area contributed by atoms with E-state index in [4.69, 9.17) is 9.97 Å². The fourth-order valence-electron chi connectivity index (χ4n) is 7.73. The summed E-state index contributed by atoms with van der Waals surface area (Å²) in [6.07, 6.45) is 0. The van der Waals surface area contributed by atoms with E-state index < -0.39 is 0 Å². The Morgan fingerprint density at radius 1 is 0.388 bits per heavy atom. The predicted octanol–water partition coefficient (Wildman–Crippen LogP) is 11.9. The Morgan fingerprint density at radius 2 is 0.959 bits per heavy atom. The molecule has 0 saturated heterocycles. The van der Waals surface area contributed by atoms with E-state index in [1.54, 1.807) is 0 Å². The Balaban J connectivity index is 1.25. The number of hydrogen-bond acceptors (Lipinski definition) is 3. The zero-order chi connectivity index (χ0) is 32.1. The van der Waals surface area contributed by atoms with E-state index in [0.29, 0.717) is 0 Å². The van der Waals surface area contributed by atoms with Gasteiger partial charge in [0.05, 0.1) is 33.1 Å². The van der Waals surface area contributed by atoms with Crippen molar-refractivity contribution in [3.63, 3.8) is 0 Å². The van der Waals surface area contributed by atoms with Crippen LogP contribution in [0.15, 0.2) is 158 Å². The summed E-state index contributed by atoms with van der Waals surface area (Å²) in [7, 11) is 0. The molecule has 0 aliphatic rings. The minimum Gasteiger partial charge on any atom is -0.309 e. The summed E-state index contributed by atoms with van der Waals surface area (Å²) in [5.74, 6) is 0.828. The quantitative estimate of drug-likeness (QED) is 0.192. The molecule has 4 nitrogen and oxygen atoms in total. The van der Waals surface area contributed by atoms with Crippen molar-refractivity contribution in [2.75, 3.05) is 0 Å². The molecule has 4 aromatic heterocycles. The smallest absolute Gasteiger partial charge is 0.165 e. The van der Waals surface area contributed by atoms with Crippen LogP contribution < -0.4 is 0 Å². The largest absolute Gasteiger partial charge is 0.309 e. The number of rotatable bonds is 3. The first-order valence-corrected chi connectivity index (χ1v) is 17.3. The van der Waals surface area contributed by atoms with Gasteiger partial charge in [-0.25, -0.2) is 9.97 Å². The van der Waals surface area contributed by atoms with Crippen LogP contribution in [0.1, 0.15) is 0 Å². The fraction of sp³-hybridized carbons (Fsp3) is 0. The second kappa shape index (κ2) is 10.1. The Labute approximate surface area is 284 Å². The van der Waals surface area contributed by atoms with Crippen LogP contribution in [0.3, 0.4) is 0 Å². The molecule has 0 unspecified atom stereocenters. The molecule has 228 valence electrons. The van der Waals surface area contributed by atoms with Gasteiger partial charge in [0.25, 0.3) is 0 Å². The van der Waals surface area contributed by atoms with Gasteiger partial charge in [-0.05, 0) is 54.6 Å². The van der Waals surface area contributed by atoms with Gasteiger partial charge in [-0.1, -0.05) is 103 Å². The van der Waals surface area contributed by atoms with Crippen LogP contribution in [-0.4, -0.2) is 19.1 Å². The minimum atomic E-state index is 0.828. The molecule has 49 heavy (non-hydrogen) atoms. The van der Waals surface area contributed by atoms with Gasteiger partial charge >= 0.3 is 0 Å². The van der Waals surface area contributed by atoms with Crippen molar-refractivity contribution >= 4 is 86.2 Å². The van der Waals surface area contributed by atoms with Crippen molar-refractivity contribution in [3.8, 4) is 22.8 Å². The van der Waals surface area contributed by atoms with Gasteiger partial charge in [0.2, 0.25) is 0 Å². The van der Waals surface area contributed by atoms with Gasteiger partial charge in [-0.2, -0.15) is 0 Å². The molecule has 0 saturated carbocycles. The molecule has 0 spiro atoms. The fourth-order valence-corrected chi connectivity index (χ4v) is 8.87. The number of nitrogens with zero attached hydrogens (tertiary/aromatic N) is 4. The van der Waals surface area contributed by atoms with Gasteiger partial charge < -0.3 is 4.57 Å². The maximum absolute atomic E-state index is 5.33. The van der Waals surface area contributed by atoms with E-state index in [9.17, 15) is 0 Å². The Bertz CT molecular complexity index is 3110. The van der Waals surface area contributed by atoms with Gasteiger partial charge in [-0.3, -0.25) is 4.57 Å². The second-order valence-corrected chi connectivity index (χ2v) is 13.7. The standard InChI is InChI=1S/C44H26N4S/c1-2-12-27(13-3-1)43-44(46-36-18-8-7-17-35(36)45-43)48-38-20-10-5-15-30(38)34-25-39-33(26-40(34)48)29-14-4-9-19-37(29)47(39)28-22-23-32-31-16-6-11-21-41(31)49-42(32)24-28/h1-26H. The Kier molecular flexibility index (Phi) is 5.51. The highest BCUT2D eigenvalue weighted by Gasteiger charge is 2.22. The highest BCUT2D eigenvalue weighted by atomic mass is 32.1. The summed E-state index contributed by atoms with van der Waals surface area (Å²) in [5, 5.41) is 7.42. The molecule has 5 heteroatoms. The molecule has 0 amide bonds. The first-order valence-electron chi connectivity index (χ1n) is 16.5. The van der Waals surface area contributed by atoms with Crippen LogP contribution in [-0.2, 0) is 0 Å². The molecule has 0 aliphatic carbocycles. The molecule has 4 heterocycles.